The second kappa shape index (κ2) is 6.43. The van der Waals surface area contributed by atoms with E-state index in [1.807, 2.05) is 0 Å². The Morgan fingerprint density at radius 2 is 2.21 bits per heavy atom. The van der Waals surface area contributed by atoms with Crippen LogP contribution in [-0.2, 0) is 9.53 Å². The number of benzene rings is 1. The molecule has 0 bridgehead atoms. The number of hydrogen-bond donors (Lipinski definition) is 1. The summed E-state index contributed by atoms with van der Waals surface area (Å²) in [6, 6.07) is 3.39. The lowest BCUT2D eigenvalue weighted by Crippen LogP contribution is -2.48. The molecule has 1 aliphatic rings. The lowest BCUT2D eigenvalue weighted by atomic mass is 10.2. The number of halogens is 3. The van der Waals surface area contributed by atoms with E-state index in [9.17, 15) is 4.79 Å². The van der Waals surface area contributed by atoms with Gasteiger partial charge in [-0.1, -0.05) is 23.2 Å². The van der Waals surface area contributed by atoms with Gasteiger partial charge in [-0.05, 0) is 12.1 Å². The molecule has 104 valence electrons. The Labute approximate surface area is 126 Å². The Morgan fingerprint density at radius 3 is 2.84 bits per heavy atom. The number of hydrogen-bond acceptors (Lipinski definition) is 5. The molecule has 1 aromatic rings. The van der Waals surface area contributed by atoms with Crippen molar-refractivity contribution >= 4 is 47.8 Å². The van der Waals surface area contributed by atoms with Gasteiger partial charge in [-0.15, -0.1) is 12.4 Å². The number of nitrogens with two attached hydrogens (primary N) is 1. The average Bonchev–Trinajstić information content (AvgIpc) is 2.36. The van der Waals surface area contributed by atoms with Crippen molar-refractivity contribution in [3.63, 3.8) is 0 Å². The van der Waals surface area contributed by atoms with Gasteiger partial charge in [-0.2, -0.15) is 0 Å². The van der Waals surface area contributed by atoms with Crippen molar-refractivity contribution in [1.29, 1.82) is 0 Å². The smallest absolute Gasteiger partial charge is 0.325 e. The molecular weight excluding hydrogens is 312 g/mol. The Morgan fingerprint density at radius 1 is 1.53 bits per heavy atom. The molecule has 0 saturated carbocycles. The highest BCUT2D eigenvalue weighted by Crippen LogP contribution is 2.15. The van der Waals surface area contributed by atoms with Gasteiger partial charge in [-0.25, -0.2) is 4.99 Å². The third-order valence-electron chi connectivity index (χ3n) is 2.56. The average molecular weight is 325 g/mol. The quantitative estimate of drug-likeness (QED) is 0.805. The predicted molar refractivity (Wildman–Crippen MR) is 75.7 cm³/mol. The number of methoxy groups -OCH3 is 1. The lowest BCUT2D eigenvalue weighted by Gasteiger charge is -2.25. The highest BCUT2D eigenvalue weighted by molar-refractivity contribution is 6.42. The molecule has 1 heterocycles. The molecule has 5 nitrogen and oxygen atoms in total. The molecule has 1 atom stereocenters. The van der Waals surface area contributed by atoms with Crippen LogP contribution in [0.4, 0.5) is 0 Å². The highest BCUT2D eigenvalue weighted by atomic mass is 35.5. The first kappa shape index (κ1) is 16.0. The Kier molecular flexibility index (Phi) is 5.43. The normalized spacial score (nSPS) is 16.6. The van der Waals surface area contributed by atoms with Crippen molar-refractivity contribution in [3.8, 4) is 0 Å². The van der Waals surface area contributed by atoms with Gasteiger partial charge < -0.3 is 9.64 Å². The topological polar surface area (TPSA) is 67.9 Å². The lowest BCUT2D eigenvalue weighted by molar-refractivity contribution is -0.141. The minimum atomic E-state index is -0.645. The van der Waals surface area contributed by atoms with Crippen molar-refractivity contribution in [1.82, 2.24) is 4.90 Å². The van der Waals surface area contributed by atoms with Crippen LogP contribution < -0.4 is 16.3 Å². The Bertz CT molecular complexity index is 606. The summed E-state index contributed by atoms with van der Waals surface area (Å²) >= 11 is 12.0. The van der Waals surface area contributed by atoms with Crippen LogP contribution >= 0.6 is 35.6 Å². The molecule has 1 unspecified atom stereocenters. The molecule has 0 radical (unpaired) electrons. The van der Waals surface area contributed by atoms with E-state index in [0.29, 0.717) is 20.6 Å². The van der Waals surface area contributed by atoms with Crippen LogP contribution in [0.2, 0.25) is 10.0 Å². The maximum Gasteiger partial charge on any atom is 0.325 e. The number of esters is 1. The predicted octanol–water partition coefficient (Wildman–Crippen LogP) is 0.504. The molecule has 2 rings (SSSR count). The second-order valence-electron chi connectivity index (χ2n) is 3.71. The first-order chi connectivity index (χ1) is 8.52. The Balaban J connectivity index is 0.00000180. The van der Waals surface area contributed by atoms with Crippen molar-refractivity contribution < 1.29 is 9.53 Å². The van der Waals surface area contributed by atoms with Crippen LogP contribution in [0, 0.1) is 0 Å². The first-order valence-electron chi connectivity index (χ1n) is 5.15. The summed E-state index contributed by atoms with van der Waals surface area (Å²) in [5, 5.41) is 2.11. The van der Waals surface area contributed by atoms with Gasteiger partial charge in [0.05, 0.1) is 22.5 Å². The van der Waals surface area contributed by atoms with E-state index in [1.54, 1.807) is 18.3 Å². The zero-order valence-electron chi connectivity index (χ0n) is 9.97. The molecule has 0 aliphatic carbocycles. The van der Waals surface area contributed by atoms with E-state index >= 15 is 0 Å². The SMILES string of the molecule is COC(=O)CN1C=c2c(Cl)c(Cl)ccc2=NC1N.Cl. The van der Waals surface area contributed by atoms with E-state index < -0.39 is 12.3 Å². The first-order valence-corrected chi connectivity index (χ1v) is 5.90. The van der Waals surface area contributed by atoms with E-state index in [-0.39, 0.29) is 19.0 Å². The number of nitrogens with zero attached hydrogens (tertiary/aromatic N) is 2. The van der Waals surface area contributed by atoms with E-state index in [0.717, 1.165) is 0 Å². The fourth-order valence-corrected chi connectivity index (χ4v) is 1.98. The maximum absolute atomic E-state index is 11.2. The van der Waals surface area contributed by atoms with Crippen LogP contribution in [0.3, 0.4) is 0 Å². The van der Waals surface area contributed by atoms with Crippen molar-refractivity contribution in [2.75, 3.05) is 13.7 Å². The third-order valence-corrected chi connectivity index (χ3v) is 3.37. The van der Waals surface area contributed by atoms with Crippen LogP contribution in [0.15, 0.2) is 17.1 Å². The van der Waals surface area contributed by atoms with Crippen molar-refractivity contribution in [2.45, 2.75) is 6.29 Å². The number of carbonyl (C=O) groups excluding carboxylic acids is 1. The number of ether oxygens (including phenoxy) is 1. The highest BCUT2D eigenvalue weighted by Gasteiger charge is 2.18. The molecule has 1 aromatic carbocycles. The second-order valence-corrected chi connectivity index (χ2v) is 4.50. The molecule has 0 amide bonds. The largest absolute Gasteiger partial charge is 0.468 e. The van der Waals surface area contributed by atoms with Gasteiger partial charge in [0.2, 0.25) is 0 Å². The monoisotopic (exact) mass is 323 g/mol. The van der Waals surface area contributed by atoms with Gasteiger partial charge in [0.1, 0.15) is 6.54 Å². The summed E-state index contributed by atoms with van der Waals surface area (Å²) < 4.78 is 4.59. The molecule has 0 saturated heterocycles. The summed E-state index contributed by atoms with van der Waals surface area (Å²) in [4.78, 5) is 17.0. The molecule has 2 N–H and O–H groups in total. The third kappa shape index (κ3) is 3.30. The summed E-state index contributed by atoms with van der Waals surface area (Å²) in [5.41, 5.74) is 5.83. The van der Waals surface area contributed by atoms with E-state index in [1.165, 1.54) is 12.0 Å². The Hall–Kier alpha value is -1.01. The van der Waals surface area contributed by atoms with E-state index in [4.69, 9.17) is 28.9 Å². The van der Waals surface area contributed by atoms with Gasteiger partial charge in [0.25, 0.3) is 0 Å². The number of fused-ring (bicyclic) bond motifs is 1. The molecule has 0 spiro atoms. The van der Waals surface area contributed by atoms with E-state index in [2.05, 4.69) is 9.73 Å². The summed E-state index contributed by atoms with van der Waals surface area (Å²) in [6.45, 7) is 0.00342. The molecular formula is C11H12Cl3N3O2. The molecule has 1 aliphatic heterocycles. The summed E-state index contributed by atoms with van der Waals surface area (Å²) in [5.74, 6) is -0.404. The summed E-state index contributed by atoms with van der Waals surface area (Å²) in [7, 11) is 1.31. The zero-order chi connectivity index (χ0) is 13.3. The van der Waals surface area contributed by atoms with Gasteiger partial charge in [0, 0.05) is 11.4 Å². The van der Waals surface area contributed by atoms with Crippen LogP contribution in [0.1, 0.15) is 0 Å². The van der Waals surface area contributed by atoms with Crippen LogP contribution in [-0.4, -0.2) is 30.8 Å². The molecule has 0 fully saturated rings. The fraction of sp³-hybridized carbons (Fsp3) is 0.273. The molecule has 8 heteroatoms. The van der Waals surface area contributed by atoms with Gasteiger partial charge >= 0.3 is 5.97 Å². The number of carbonyl (C=O) groups is 1. The number of rotatable bonds is 2. The minimum absolute atomic E-state index is 0. The van der Waals surface area contributed by atoms with Crippen LogP contribution in [0.5, 0.6) is 0 Å². The van der Waals surface area contributed by atoms with Gasteiger partial charge in [0.15, 0.2) is 6.29 Å². The fourth-order valence-electron chi connectivity index (χ4n) is 1.60. The van der Waals surface area contributed by atoms with Gasteiger partial charge in [-0.3, -0.25) is 10.5 Å². The molecule has 0 aromatic heterocycles. The minimum Gasteiger partial charge on any atom is -0.468 e. The van der Waals surface area contributed by atoms with Crippen molar-refractivity contribution in [2.24, 2.45) is 10.7 Å². The maximum atomic E-state index is 11.2. The van der Waals surface area contributed by atoms with Crippen LogP contribution in [0.25, 0.3) is 6.20 Å². The van der Waals surface area contributed by atoms with Crippen molar-refractivity contribution in [3.05, 3.63) is 32.8 Å². The molecule has 19 heavy (non-hydrogen) atoms. The standard InChI is InChI=1S/C11H11Cl2N3O2.ClH/c1-18-9(17)5-16-4-6-8(15-11(16)14)3-2-7(12)10(6)13;/h2-4,11H,5,14H2,1H3;1H. The zero-order valence-corrected chi connectivity index (χ0v) is 12.3. The summed E-state index contributed by atoms with van der Waals surface area (Å²) in [6.07, 6.45) is 1.02.